The third-order valence-corrected chi connectivity index (χ3v) is 1.95. The number of carbonyl (C=O) groups excluding carboxylic acids is 1. The van der Waals surface area contributed by atoms with Crippen LogP contribution < -0.4 is 0 Å². The lowest BCUT2D eigenvalue weighted by Crippen LogP contribution is -2.00. The molecule has 0 aliphatic heterocycles. The van der Waals surface area contributed by atoms with Gasteiger partial charge in [-0.1, -0.05) is 6.92 Å². The number of hydrogen-bond donors (Lipinski definition) is 0. The normalized spacial score (nSPS) is 8.80. The molecule has 0 aliphatic rings. The SMILES string of the molecule is C#CCCC(=O)CSCC. The number of terminal acetylenes is 1. The highest BCUT2D eigenvalue weighted by molar-refractivity contribution is 7.99. The van der Waals surface area contributed by atoms with Gasteiger partial charge in [-0.3, -0.25) is 4.79 Å². The van der Waals surface area contributed by atoms with Gasteiger partial charge in [-0.05, 0) is 5.75 Å². The van der Waals surface area contributed by atoms with Crippen molar-refractivity contribution in [3.8, 4) is 12.3 Å². The van der Waals surface area contributed by atoms with Crippen molar-refractivity contribution >= 4 is 17.5 Å². The van der Waals surface area contributed by atoms with Gasteiger partial charge in [0.1, 0.15) is 5.78 Å². The van der Waals surface area contributed by atoms with Gasteiger partial charge in [0.25, 0.3) is 0 Å². The van der Waals surface area contributed by atoms with E-state index in [1.807, 2.05) is 6.92 Å². The van der Waals surface area contributed by atoms with Crippen LogP contribution in [0.1, 0.15) is 19.8 Å². The summed E-state index contributed by atoms with van der Waals surface area (Å²) in [6, 6.07) is 0. The molecule has 0 heterocycles. The molecule has 0 aromatic heterocycles. The zero-order valence-corrected chi connectivity index (χ0v) is 7.04. The molecule has 0 rings (SSSR count). The highest BCUT2D eigenvalue weighted by Gasteiger charge is 1.98. The molecule has 10 heavy (non-hydrogen) atoms. The third-order valence-electron chi connectivity index (χ3n) is 1.02. The van der Waals surface area contributed by atoms with Crippen molar-refractivity contribution in [1.29, 1.82) is 0 Å². The maximum absolute atomic E-state index is 10.8. The van der Waals surface area contributed by atoms with E-state index in [0.29, 0.717) is 18.6 Å². The Morgan fingerprint density at radius 1 is 1.70 bits per heavy atom. The zero-order valence-electron chi connectivity index (χ0n) is 6.22. The largest absolute Gasteiger partial charge is 0.299 e. The van der Waals surface area contributed by atoms with Crippen LogP contribution in [0.15, 0.2) is 0 Å². The van der Waals surface area contributed by atoms with Gasteiger partial charge >= 0.3 is 0 Å². The van der Waals surface area contributed by atoms with E-state index in [1.54, 1.807) is 11.8 Å². The van der Waals surface area contributed by atoms with Gasteiger partial charge in [-0.25, -0.2) is 0 Å². The minimum absolute atomic E-state index is 0.268. The second kappa shape index (κ2) is 6.70. The summed E-state index contributed by atoms with van der Waals surface area (Å²) in [5, 5.41) is 0. The summed E-state index contributed by atoms with van der Waals surface area (Å²) in [5.41, 5.74) is 0. The van der Waals surface area contributed by atoms with Gasteiger partial charge in [0.15, 0.2) is 0 Å². The van der Waals surface area contributed by atoms with Crippen LogP contribution in [-0.4, -0.2) is 17.3 Å². The van der Waals surface area contributed by atoms with Gasteiger partial charge in [-0.15, -0.1) is 12.3 Å². The lowest BCUT2D eigenvalue weighted by Gasteiger charge is -1.94. The summed E-state index contributed by atoms with van der Waals surface area (Å²) in [5.74, 6) is 4.34. The topological polar surface area (TPSA) is 17.1 Å². The first-order valence-electron chi connectivity index (χ1n) is 3.34. The van der Waals surface area contributed by atoms with E-state index in [9.17, 15) is 4.79 Å². The Morgan fingerprint density at radius 3 is 2.90 bits per heavy atom. The average molecular weight is 156 g/mol. The lowest BCUT2D eigenvalue weighted by atomic mass is 10.2. The van der Waals surface area contributed by atoms with Gasteiger partial charge in [-0.2, -0.15) is 11.8 Å². The Labute approximate surface area is 66.6 Å². The number of hydrogen-bond acceptors (Lipinski definition) is 2. The summed E-state index contributed by atoms with van der Waals surface area (Å²) in [6.07, 6.45) is 6.13. The van der Waals surface area contributed by atoms with Crippen LogP contribution in [0.3, 0.4) is 0 Å². The van der Waals surface area contributed by atoms with E-state index in [4.69, 9.17) is 6.42 Å². The highest BCUT2D eigenvalue weighted by Crippen LogP contribution is 2.01. The quantitative estimate of drug-likeness (QED) is 0.564. The second-order valence-corrected chi connectivity index (χ2v) is 3.15. The molecule has 0 spiro atoms. The molecule has 2 heteroatoms. The molecule has 0 fully saturated rings. The summed E-state index contributed by atoms with van der Waals surface area (Å²) < 4.78 is 0. The average Bonchev–Trinajstić information content (AvgIpc) is 1.97. The van der Waals surface area contributed by atoms with Crippen molar-refractivity contribution in [1.82, 2.24) is 0 Å². The molecule has 0 aromatic rings. The fourth-order valence-corrected chi connectivity index (χ4v) is 1.08. The van der Waals surface area contributed by atoms with E-state index in [1.165, 1.54) is 0 Å². The van der Waals surface area contributed by atoms with E-state index in [2.05, 4.69) is 5.92 Å². The Balaban J connectivity index is 3.19. The van der Waals surface area contributed by atoms with Gasteiger partial charge < -0.3 is 0 Å². The van der Waals surface area contributed by atoms with Crippen LogP contribution in [0.2, 0.25) is 0 Å². The molecule has 0 bridgehead atoms. The zero-order chi connectivity index (χ0) is 7.82. The summed E-state index contributed by atoms with van der Waals surface area (Å²) in [4.78, 5) is 10.8. The first kappa shape index (κ1) is 9.58. The van der Waals surface area contributed by atoms with Crippen molar-refractivity contribution in [3.05, 3.63) is 0 Å². The molecule has 0 N–H and O–H groups in total. The van der Waals surface area contributed by atoms with Crippen LogP contribution in [0.25, 0.3) is 0 Å². The van der Waals surface area contributed by atoms with E-state index >= 15 is 0 Å². The number of ketones is 1. The van der Waals surface area contributed by atoms with Crippen LogP contribution in [0, 0.1) is 12.3 Å². The second-order valence-electron chi connectivity index (χ2n) is 1.88. The number of Topliss-reactive ketones (excluding diaryl/α,β-unsaturated/α-hetero) is 1. The predicted octanol–water partition coefficient (Wildman–Crippen LogP) is 1.72. The Hall–Kier alpha value is -0.420. The van der Waals surface area contributed by atoms with E-state index in [-0.39, 0.29) is 5.78 Å². The lowest BCUT2D eigenvalue weighted by molar-refractivity contribution is -0.116. The van der Waals surface area contributed by atoms with E-state index in [0.717, 1.165) is 5.75 Å². The van der Waals surface area contributed by atoms with Crippen LogP contribution in [0.5, 0.6) is 0 Å². The molecule has 0 radical (unpaired) electrons. The van der Waals surface area contributed by atoms with Gasteiger partial charge in [0.2, 0.25) is 0 Å². The molecule has 1 nitrogen and oxygen atoms in total. The van der Waals surface area contributed by atoms with Crippen molar-refractivity contribution in [3.63, 3.8) is 0 Å². The van der Waals surface area contributed by atoms with Gasteiger partial charge in [0, 0.05) is 12.8 Å². The van der Waals surface area contributed by atoms with Crippen LogP contribution >= 0.6 is 11.8 Å². The van der Waals surface area contributed by atoms with Gasteiger partial charge in [0.05, 0.1) is 5.75 Å². The molecule has 0 saturated heterocycles. The number of rotatable bonds is 5. The number of carbonyl (C=O) groups is 1. The molecule has 0 aliphatic carbocycles. The van der Waals surface area contributed by atoms with Crippen molar-refractivity contribution in [2.75, 3.05) is 11.5 Å². The Kier molecular flexibility index (Phi) is 6.42. The van der Waals surface area contributed by atoms with Crippen molar-refractivity contribution in [2.24, 2.45) is 0 Å². The first-order chi connectivity index (χ1) is 4.81. The predicted molar refractivity (Wildman–Crippen MR) is 46.1 cm³/mol. The Morgan fingerprint density at radius 2 is 2.40 bits per heavy atom. The minimum Gasteiger partial charge on any atom is -0.299 e. The number of thioether (sulfide) groups is 1. The summed E-state index contributed by atoms with van der Waals surface area (Å²) in [7, 11) is 0. The smallest absolute Gasteiger partial charge is 0.143 e. The molecular formula is C8H12OS. The van der Waals surface area contributed by atoms with Crippen molar-refractivity contribution in [2.45, 2.75) is 19.8 Å². The Bertz CT molecular complexity index is 135. The molecule has 0 saturated carbocycles. The maximum atomic E-state index is 10.8. The fraction of sp³-hybridized carbons (Fsp3) is 0.625. The van der Waals surface area contributed by atoms with E-state index < -0.39 is 0 Å². The molecular weight excluding hydrogens is 144 g/mol. The maximum Gasteiger partial charge on any atom is 0.143 e. The summed E-state index contributed by atoms with van der Waals surface area (Å²) >= 11 is 1.65. The molecule has 0 aromatic carbocycles. The third kappa shape index (κ3) is 5.71. The fourth-order valence-electron chi connectivity index (χ4n) is 0.500. The van der Waals surface area contributed by atoms with Crippen molar-refractivity contribution < 1.29 is 4.79 Å². The summed E-state index contributed by atoms with van der Waals surface area (Å²) in [6.45, 7) is 2.04. The first-order valence-corrected chi connectivity index (χ1v) is 4.49. The molecule has 56 valence electrons. The standard InChI is InChI=1S/C8H12OS/c1-3-5-6-8(9)7-10-4-2/h1H,4-7H2,2H3. The van der Waals surface area contributed by atoms with Crippen LogP contribution in [0.4, 0.5) is 0 Å². The monoisotopic (exact) mass is 156 g/mol. The molecule has 0 unspecified atom stereocenters. The minimum atomic E-state index is 0.268. The van der Waals surface area contributed by atoms with Crippen LogP contribution in [-0.2, 0) is 4.79 Å². The molecule has 0 amide bonds. The highest BCUT2D eigenvalue weighted by atomic mass is 32.2. The molecule has 0 atom stereocenters.